The van der Waals surface area contributed by atoms with Crippen LogP contribution in [0.3, 0.4) is 0 Å². The second-order valence-electron chi connectivity index (χ2n) is 8.03. The lowest BCUT2D eigenvalue weighted by Gasteiger charge is -2.34. The molecule has 0 saturated carbocycles. The molecule has 0 aromatic heterocycles. The molecule has 31 heavy (non-hydrogen) atoms. The van der Waals surface area contributed by atoms with Crippen LogP contribution in [-0.2, 0) is 15.9 Å². The Kier molecular flexibility index (Phi) is 7.04. The first-order chi connectivity index (χ1) is 15.0. The van der Waals surface area contributed by atoms with Gasteiger partial charge in [0.2, 0.25) is 0 Å². The van der Waals surface area contributed by atoms with E-state index < -0.39 is 12.2 Å². The molecule has 0 spiro atoms. The first-order valence-corrected chi connectivity index (χ1v) is 11.1. The summed E-state index contributed by atoms with van der Waals surface area (Å²) in [7, 11) is 1.64. The molecule has 0 radical (unpaired) electrons. The third-order valence-corrected chi connectivity index (χ3v) is 6.32. The lowest BCUT2D eigenvalue weighted by atomic mass is 9.89. The topological polar surface area (TPSA) is 77.4 Å². The van der Waals surface area contributed by atoms with Gasteiger partial charge in [0.05, 0.1) is 36.5 Å². The van der Waals surface area contributed by atoms with Crippen LogP contribution in [0.4, 0.5) is 0 Å². The second kappa shape index (κ2) is 9.76. The Morgan fingerprint density at radius 3 is 2.65 bits per heavy atom. The number of fused-ring (bicyclic) bond motifs is 1. The Balaban J connectivity index is 1.71. The zero-order valence-corrected chi connectivity index (χ0v) is 18.6. The highest BCUT2D eigenvalue weighted by Gasteiger charge is 2.37. The van der Waals surface area contributed by atoms with Crippen molar-refractivity contribution in [3.05, 3.63) is 57.6 Å². The summed E-state index contributed by atoms with van der Waals surface area (Å²) in [6.45, 7) is 2.83. The van der Waals surface area contributed by atoms with Crippen molar-refractivity contribution in [2.75, 3.05) is 26.9 Å². The van der Waals surface area contributed by atoms with Crippen LogP contribution in [0.5, 0.6) is 11.5 Å². The molecule has 2 heterocycles. The SMILES string of the molecule is CCOc1ccc(Cc2cc(C3CC(O)CC(CO)O3)c3c(c2Cl)OCC3OC)cc1. The highest BCUT2D eigenvalue weighted by atomic mass is 35.5. The Morgan fingerprint density at radius 2 is 1.97 bits per heavy atom. The summed E-state index contributed by atoms with van der Waals surface area (Å²) < 4.78 is 23.2. The van der Waals surface area contributed by atoms with Gasteiger partial charge in [0, 0.05) is 25.5 Å². The molecule has 1 fully saturated rings. The van der Waals surface area contributed by atoms with Gasteiger partial charge in [0.25, 0.3) is 0 Å². The summed E-state index contributed by atoms with van der Waals surface area (Å²) in [5.74, 6) is 1.45. The summed E-state index contributed by atoms with van der Waals surface area (Å²) >= 11 is 6.77. The van der Waals surface area contributed by atoms with E-state index in [1.165, 1.54) is 0 Å². The molecule has 2 aliphatic heterocycles. The van der Waals surface area contributed by atoms with Crippen LogP contribution in [0.1, 0.15) is 54.2 Å². The number of benzene rings is 2. The fourth-order valence-electron chi connectivity index (χ4n) is 4.42. The van der Waals surface area contributed by atoms with Crippen molar-refractivity contribution in [1.82, 2.24) is 0 Å². The Hall–Kier alpha value is -1.83. The molecule has 6 nitrogen and oxygen atoms in total. The fraction of sp³-hybridized carbons (Fsp3) is 0.500. The first-order valence-electron chi connectivity index (χ1n) is 10.7. The summed E-state index contributed by atoms with van der Waals surface area (Å²) in [6.07, 6.45) is -0.0820. The monoisotopic (exact) mass is 448 g/mol. The third-order valence-electron chi connectivity index (χ3n) is 5.91. The predicted octanol–water partition coefficient (Wildman–Crippen LogP) is 3.98. The van der Waals surface area contributed by atoms with Gasteiger partial charge in [-0.05, 0) is 42.2 Å². The molecule has 1 saturated heterocycles. The van der Waals surface area contributed by atoms with Crippen LogP contribution in [0, 0.1) is 0 Å². The zero-order chi connectivity index (χ0) is 22.0. The zero-order valence-electron chi connectivity index (χ0n) is 17.8. The lowest BCUT2D eigenvalue weighted by Crippen LogP contribution is -2.34. The summed E-state index contributed by atoms with van der Waals surface area (Å²) in [5, 5.41) is 20.5. The minimum absolute atomic E-state index is 0.132. The fourth-order valence-corrected chi connectivity index (χ4v) is 4.70. The van der Waals surface area contributed by atoms with E-state index in [0.29, 0.717) is 43.2 Å². The van der Waals surface area contributed by atoms with Crippen molar-refractivity contribution in [3.8, 4) is 11.5 Å². The maximum Gasteiger partial charge on any atom is 0.144 e. The van der Waals surface area contributed by atoms with Gasteiger partial charge < -0.3 is 29.2 Å². The molecule has 0 bridgehead atoms. The quantitative estimate of drug-likeness (QED) is 0.667. The third kappa shape index (κ3) is 4.69. The summed E-state index contributed by atoms with van der Waals surface area (Å²) in [6, 6.07) is 9.98. The van der Waals surface area contributed by atoms with E-state index in [4.69, 9.17) is 30.5 Å². The van der Waals surface area contributed by atoms with Crippen LogP contribution in [0.15, 0.2) is 30.3 Å². The molecule has 4 rings (SSSR count). The van der Waals surface area contributed by atoms with E-state index in [1.807, 2.05) is 37.3 Å². The van der Waals surface area contributed by atoms with E-state index in [2.05, 4.69) is 0 Å². The molecule has 2 aromatic carbocycles. The van der Waals surface area contributed by atoms with Crippen LogP contribution >= 0.6 is 11.6 Å². The van der Waals surface area contributed by atoms with Crippen molar-refractivity contribution in [2.45, 2.75) is 50.6 Å². The standard InChI is InChI=1S/C24H29ClO6/c1-3-29-17-6-4-14(5-7-17)8-15-9-19(20-11-16(27)10-18(12-26)31-20)22-21(28-2)13-30-24(22)23(15)25/h4-7,9,16,18,20-21,26-27H,3,8,10-13H2,1-2H3. The molecule has 4 unspecified atom stereocenters. The number of hydrogen-bond acceptors (Lipinski definition) is 6. The molecular weight excluding hydrogens is 420 g/mol. The molecular formula is C24H29ClO6. The Morgan fingerprint density at radius 1 is 1.19 bits per heavy atom. The second-order valence-corrected chi connectivity index (χ2v) is 8.40. The average Bonchev–Trinajstić information content (AvgIpc) is 3.21. The number of rotatable bonds is 7. The summed E-state index contributed by atoms with van der Waals surface area (Å²) in [4.78, 5) is 0. The van der Waals surface area contributed by atoms with Crippen molar-refractivity contribution in [2.24, 2.45) is 0 Å². The van der Waals surface area contributed by atoms with Gasteiger partial charge >= 0.3 is 0 Å². The van der Waals surface area contributed by atoms with Crippen molar-refractivity contribution < 1.29 is 29.2 Å². The molecule has 2 aliphatic rings. The van der Waals surface area contributed by atoms with Crippen LogP contribution in [0.2, 0.25) is 5.02 Å². The number of aliphatic hydroxyl groups is 2. The van der Waals surface area contributed by atoms with Gasteiger partial charge in [0.15, 0.2) is 0 Å². The number of hydrogen-bond donors (Lipinski definition) is 2. The Bertz CT molecular complexity index is 900. The molecule has 168 valence electrons. The minimum Gasteiger partial charge on any atom is -0.494 e. The number of methoxy groups -OCH3 is 1. The normalized spacial score (nSPS) is 25.2. The predicted molar refractivity (Wildman–Crippen MR) is 117 cm³/mol. The maximum absolute atomic E-state index is 10.4. The minimum atomic E-state index is -0.542. The van der Waals surface area contributed by atoms with E-state index in [0.717, 1.165) is 28.0 Å². The summed E-state index contributed by atoms with van der Waals surface area (Å²) in [5.41, 5.74) is 3.79. The number of halogens is 1. The van der Waals surface area contributed by atoms with Crippen LogP contribution in [-0.4, -0.2) is 49.4 Å². The maximum atomic E-state index is 10.4. The molecule has 4 atom stereocenters. The molecule has 0 amide bonds. The van der Waals surface area contributed by atoms with Gasteiger partial charge in [-0.1, -0.05) is 29.8 Å². The molecule has 0 aliphatic carbocycles. The van der Waals surface area contributed by atoms with Crippen molar-refractivity contribution in [1.29, 1.82) is 0 Å². The van der Waals surface area contributed by atoms with Crippen molar-refractivity contribution >= 4 is 11.6 Å². The number of aliphatic hydroxyl groups excluding tert-OH is 2. The van der Waals surface area contributed by atoms with Gasteiger partial charge in [-0.15, -0.1) is 0 Å². The van der Waals surface area contributed by atoms with E-state index in [-0.39, 0.29) is 18.8 Å². The van der Waals surface area contributed by atoms with Gasteiger partial charge in [-0.2, -0.15) is 0 Å². The smallest absolute Gasteiger partial charge is 0.144 e. The molecule has 2 N–H and O–H groups in total. The van der Waals surface area contributed by atoms with Gasteiger partial charge in [0.1, 0.15) is 24.2 Å². The highest BCUT2D eigenvalue weighted by molar-refractivity contribution is 6.33. The largest absolute Gasteiger partial charge is 0.494 e. The highest BCUT2D eigenvalue weighted by Crippen LogP contribution is 2.48. The van der Waals surface area contributed by atoms with Crippen molar-refractivity contribution in [3.63, 3.8) is 0 Å². The van der Waals surface area contributed by atoms with E-state index in [1.54, 1.807) is 7.11 Å². The van der Waals surface area contributed by atoms with Gasteiger partial charge in [-0.3, -0.25) is 0 Å². The molecule has 7 heteroatoms. The lowest BCUT2D eigenvalue weighted by molar-refractivity contribution is -0.114. The van der Waals surface area contributed by atoms with Crippen LogP contribution in [0.25, 0.3) is 0 Å². The van der Waals surface area contributed by atoms with E-state index >= 15 is 0 Å². The number of ether oxygens (including phenoxy) is 4. The van der Waals surface area contributed by atoms with Gasteiger partial charge in [-0.25, -0.2) is 0 Å². The van der Waals surface area contributed by atoms with E-state index in [9.17, 15) is 10.2 Å². The van der Waals surface area contributed by atoms with Crippen LogP contribution < -0.4 is 9.47 Å². The Labute approximate surface area is 187 Å². The molecule has 2 aromatic rings. The first kappa shape index (κ1) is 22.4. The average molecular weight is 449 g/mol.